The van der Waals surface area contributed by atoms with Crippen LogP contribution in [-0.2, 0) is 0 Å². The number of hydrogen-bond acceptors (Lipinski definition) is 18. The summed E-state index contributed by atoms with van der Waals surface area (Å²) in [6, 6.07) is 14.0. The number of carboxylic acids is 4. The molecule has 3 aromatic heterocycles. The number of benzene rings is 3. The van der Waals surface area contributed by atoms with Gasteiger partial charge in [-0.1, -0.05) is 24.3 Å². The number of aromatic carboxylic acids is 4. The zero-order chi connectivity index (χ0) is 38.7. The van der Waals surface area contributed by atoms with Crippen molar-refractivity contribution in [3.05, 3.63) is 112 Å². The quantitative estimate of drug-likeness (QED) is 0.0584. The number of rotatable bonds is 12. The number of anilines is 5. The van der Waals surface area contributed by atoms with Crippen LogP contribution in [0.5, 0.6) is 0 Å². The van der Waals surface area contributed by atoms with Gasteiger partial charge in [0.1, 0.15) is 0 Å². The van der Waals surface area contributed by atoms with Crippen molar-refractivity contribution in [3.8, 4) is 11.6 Å². The minimum Gasteiger partial charge on any atom is -0.545 e. The van der Waals surface area contributed by atoms with Crippen molar-refractivity contribution >= 4 is 70.2 Å². The van der Waals surface area contributed by atoms with Crippen molar-refractivity contribution in [2.24, 2.45) is 10.2 Å². The Kier molecular flexibility index (Phi) is 20.9. The van der Waals surface area contributed by atoms with Crippen LogP contribution in [0.2, 0.25) is 0 Å². The van der Waals surface area contributed by atoms with Gasteiger partial charge in [0, 0.05) is 11.4 Å². The van der Waals surface area contributed by atoms with Crippen LogP contribution < -0.4 is 242 Å². The van der Waals surface area contributed by atoms with Crippen molar-refractivity contribution < 1.29 is 245 Å². The first-order valence-electron chi connectivity index (χ1n) is 15.0. The van der Waals surface area contributed by atoms with Crippen LogP contribution in [0, 0.1) is 13.5 Å². The normalized spacial score (nSPS) is 10.1. The van der Waals surface area contributed by atoms with Gasteiger partial charge >= 0.3 is 206 Å². The first-order valence-corrected chi connectivity index (χ1v) is 15.0. The van der Waals surface area contributed by atoms with Crippen LogP contribution in [0.25, 0.3) is 16.5 Å². The van der Waals surface area contributed by atoms with Gasteiger partial charge in [0.25, 0.3) is 11.6 Å². The molecule has 25 heteroatoms. The number of azo groups is 1. The van der Waals surface area contributed by atoms with Gasteiger partial charge in [0.05, 0.1) is 48.0 Å². The zero-order valence-electron chi connectivity index (χ0n) is 31.2. The fourth-order valence-corrected chi connectivity index (χ4v) is 4.78. The van der Waals surface area contributed by atoms with E-state index in [4.69, 9.17) is 12.3 Å². The van der Waals surface area contributed by atoms with Gasteiger partial charge < -0.3 is 56.0 Å². The summed E-state index contributed by atoms with van der Waals surface area (Å²) < 4.78 is 2.09. The second kappa shape index (κ2) is 23.3. The van der Waals surface area contributed by atoms with Crippen LogP contribution >= 0.6 is 0 Å². The molecule has 3 heterocycles. The van der Waals surface area contributed by atoms with Crippen molar-refractivity contribution in [2.75, 3.05) is 16.4 Å². The summed E-state index contributed by atoms with van der Waals surface area (Å²) in [4.78, 5) is 62.0. The molecule has 6 aromatic rings. The van der Waals surface area contributed by atoms with Gasteiger partial charge in [0.2, 0.25) is 11.9 Å². The third-order valence-corrected chi connectivity index (χ3v) is 7.35. The SMILES string of the molecule is [C-]#[N+]c1cnn(-c2cc(C(=O)[O-])cc(C(=O)[O-])c2)c1N=Nc1c(C)nn(-c2nc(Nc3ccc(C(=O)[O-])cc3)nc(Nc3ccc(C(=O)[O-])cc3)n2)c1N.[K+].[K+].[K+].[K+]. The largest absolute Gasteiger partial charge is 1.00 e. The first kappa shape index (κ1) is 52.1. The molecule has 0 fully saturated rings. The van der Waals surface area contributed by atoms with Crippen molar-refractivity contribution in [1.29, 1.82) is 0 Å². The fourth-order valence-electron chi connectivity index (χ4n) is 4.78. The molecule has 21 nitrogen and oxygen atoms in total. The summed E-state index contributed by atoms with van der Waals surface area (Å²) in [5, 5.41) is 68.1. The van der Waals surface area contributed by atoms with E-state index in [1.54, 1.807) is 0 Å². The number of nitrogens with two attached hydrogens (primary N) is 1. The Morgan fingerprint density at radius 1 is 0.690 bits per heavy atom. The molecule has 0 atom stereocenters. The third-order valence-electron chi connectivity index (χ3n) is 7.35. The van der Waals surface area contributed by atoms with Crippen LogP contribution in [0.15, 0.2) is 83.2 Å². The van der Waals surface area contributed by atoms with E-state index in [0.717, 1.165) is 33.8 Å². The van der Waals surface area contributed by atoms with Crippen LogP contribution in [-0.4, -0.2) is 58.4 Å². The first-order chi connectivity index (χ1) is 25.8. The molecule has 268 valence electrons. The summed E-state index contributed by atoms with van der Waals surface area (Å²) >= 11 is 0. The second-order valence-electron chi connectivity index (χ2n) is 10.9. The predicted molar refractivity (Wildman–Crippen MR) is 177 cm³/mol. The number of aryl methyl sites for hydroxylation is 1. The Morgan fingerprint density at radius 2 is 1.16 bits per heavy atom. The summed E-state index contributed by atoms with van der Waals surface area (Å²) in [6.07, 6.45) is 1.11. The van der Waals surface area contributed by atoms with Gasteiger partial charge in [-0.2, -0.15) is 29.8 Å². The number of carbonyl (C=O) groups excluding carboxylic acids is 4. The topological polar surface area (TPSA) is 314 Å². The number of nitrogens with one attached hydrogen (secondary N) is 2. The number of nitrogens with zero attached hydrogens (tertiary/aromatic N) is 10. The van der Waals surface area contributed by atoms with E-state index in [1.165, 1.54) is 55.5 Å². The van der Waals surface area contributed by atoms with E-state index >= 15 is 0 Å². The average Bonchev–Trinajstić information content (AvgIpc) is 3.69. The number of nitrogen functional groups attached to an aromatic ring is 1. The van der Waals surface area contributed by atoms with E-state index in [0.29, 0.717) is 11.4 Å². The van der Waals surface area contributed by atoms with E-state index in [-0.39, 0.29) is 269 Å². The maximum Gasteiger partial charge on any atom is 1.00 e. The molecule has 0 aliphatic carbocycles. The van der Waals surface area contributed by atoms with Crippen LogP contribution in [0.3, 0.4) is 0 Å². The Morgan fingerprint density at radius 3 is 1.59 bits per heavy atom. The van der Waals surface area contributed by atoms with E-state index in [1.807, 2.05) is 0 Å². The minimum atomic E-state index is -1.67. The van der Waals surface area contributed by atoms with Gasteiger partial charge in [-0.15, -0.1) is 10.2 Å². The zero-order valence-corrected chi connectivity index (χ0v) is 43.7. The Balaban J connectivity index is 0.00000290. The smallest absolute Gasteiger partial charge is 0.545 e. The molecule has 0 radical (unpaired) electrons. The van der Waals surface area contributed by atoms with Gasteiger partial charge in [-0.25, -0.2) is 9.53 Å². The molecule has 6 rings (SSSR count). The van der Waals surface area contributed by atoms with Gasteiger partial charge in [-0.3, -0.25) is 0 Å². The number of aromatic nitrogens is 7. The molecule has 0 aliphatic heterocycles. The van der Waals surface area contributed by atoms with Crippen molar-refractivity contribution in [2.45, 2.75) is 6.92 Å². The maximum atomic E-state index is 11.6. The van der Waals surface area contributed by atoms with Gasteiger partial charge in [0.15, 0.2) is 17.3 Å². The molecule has 0 unspecified atom stereocenters. The van der Waals surface area contributed by atoms with Crippen molar-refractivity contribution in [3.63, 3.8) is 0 Å². The number of carboxylic acid groups (broad SMARTS) is 4. The van der Waals surface area contributed by atoms with Crippen LogP contribution in [0.4, 0.5) is 46.3 Å². The minimum absolute atomic E-state index is 0. The molecule has 3 aromatic carbocycles. The second-order valence-corrected chi connectivity index (χ2v) is 10.9. The third kappa shape index (κ3) is 12.5. The molecule has 58 heavy (non-hydrogen) atoms. The van der Waals surface area contributed by atoms with E-state index < -0.39 is 35.0 Å². The van der Waals surface area contributed by atoms with E-state index in [2.05, 4.69) is 50.9 Å². The van der Waals surface area contributed by atoms with Gasteiger partial charge in [-0.05, 0) is 71.6 Å². The molecule has 4 N–H and O–H groups in total. The predicted octanol–water partition coefficient (Wildman–Crippen LogP) is -11.9. The fraction of sp³-hybridized carbons (Fsp3) is 0.0303. The Hall–Kier alpha value is -1.99. The molecule has 0 amide bonds. The summed E-state index contributed by atoms with van der Waals surface area (Å²) in [6.45, 7) is 9.08. The number of carbonyl (C=O) groups is 4. The van der Waals surface area contributed by atoms with Crippen LogP contribution in [0.1, 0.15) is 47.1 Å². The molecule has 0 spiro atoms. The molecular weight excluding hydrogens is 863 g/mol. The maximum absolute atomic E-state index is 11.6. The molecule has 0 bridgehead atoms. The summed E-state index contributed by atoms with van der Waals surface area (Å²) in [5.74, 6) is -6.74. The average molecular weight is 882 g/mol. The Labute approximate surface area is 497 Å². The van der Waals surface area contributed by atoms with Crippen molar-refractivity contribution in [1.82, 2.24) is 34.5 Å². The molecule has 0 saturated carbocycles. The molecule has 0 aliphatic rings. The molecular formula is C33H19K4N13O8. The van der Waals surface area contributed by atoms with E-state index in [9.17, 15) is 39.6 Å². The Bertz CT molecular complexity index is 2470. The monoisotopic (exact) mass is 881 g/mol. The molecule has 0 saturated heterocycles. The summed E-state index contributed by atoms with van der Waals surface area (Å²) in [5.41, 5.74) is 6.01. The standard InChI is InChI=1S/C33H23N13O8.4K/c1-15-24(42-43-26-23(35-2)14-36-45(26)22-12-18(29(51)52)11-19(13-22)30(53)54)25(34)46(44-15)33-40-31(37-20-7-3-16(4-8-20)27(47)48)39-32(41-33)38-21-9-5-17(6-10-21)28(49)50;;;;/h3-14H,34H2,1H3,(H,47,48)(H,49,50)(H,51,52)(H,53,54)(H2,37,38,39,40,41);;;;/q;4*+1/p-4. The number of hydrogen-bond donors (Lipinski definition) is 3. The summed E-state index contributed by atoms with van der Waals surface area (Å²) in [7, 11) is 0.